The van der Waals surface area contributed by atoms with Crippen molar-refractivity contribution in [2.45, 2.75) is 19.4 Å². The maximum Gasteiger partial charge on any atom is 0.224 e. The van der Waals surface area contributed by atoms with Crippen molar-refractivity contribution in [2.75, 3.05) is 7.11 Å². The summed E-state index contributed by atoms with van der Waals surface area (Å²) in [4.78, 5) is 16.2. The Morgan fingerprint density at radius 2 is 2.15 bits per heavy atom. The number of hydrogen-bond donors (Lipinski definition) is 1. The van der Waals surface area contributed by atoms with E-state index in [0.717, 1.165) is 17.0 Å². The number of nitrogens with zero attached hydrogens (tertiary/aromatic N) is 1. The average Bonchev–Trinajstić information content (AvgIpc) is 2.48. The molecule has 0 radical (unpaired) electrons. The summed E-state index contributed by atoms with van der Waals surface area (Å²) in [6.45, 7) is 1.92. The largest absolute Gasteiger partial charge is 0.497 e. The summed E-state index contributed by atoms with van der Waals surface area (Å²) in [6, 6.07) is 13.1. The van der Waals surface area contributed by atoms with E-state index in [4.69, 9.17) is 4.74 Å². The van der Waals surface area contributed by atoms with Gasteiger partial charge in [-0.2, -0.15) is 0 Å². The van der Waals surface area contributed by atoms with Gasteiger partial charge in [-0.3, -0.25) is 9.78 Å². The summed E-state index contributed by atoms with van der Waals surface area (Å²) in [6.07, 6.45) is 2.05. The third-order valence-corrected chi connectivity index (χ3v) is 3.01. The van der Waals surface area contributed by atoms with Crippen molar-refractivity contribution < 1.29 is 9.53 Å². The Hall–Kier alpha value is -2.36. The van der Waals surface area contributed by atoms with E-state index in [0.29, 0.717) is 6.42 Å². The number of ether oxygens (including phenoxy) is 1. The van der Waals surface area contributed by atoms with Crippen LogP contribution in [0.25, 0.3) is 0 Å². The molecule has 0 aliphatic carbocycles. The molecule has 2 aromatic rings. The Morgan fingerprint density at radius 3 is 2.85 bits per heavy atom. The second kappa shape index (κ2) is 6.70. The van der Waals surface area contributed by atoms with E-state index in [2.05, 4.69) is 10.3 Å². The van der Waals surface area contributed by atoms with E-state index < -0.39 is 0 Å². The number of methoxy groups -OCH3 is 1. The standard InChI is InChI=1S/C16H18N2O2/c1-12(15-8-3-4-9-17-15)18-16(19)11-13-6-5-7-14(10-13)20-2/h3-10,12H,11H2,1-2H3,(H,18,19)/t12-/m1/s1. The fourth-order valence-electron chi connectivity index (χ4n) is 1.97. The minimum Gasteiger partial charge on any atom is -0.497 e. The molecule has 0 aliphatic heterocycles. The zero-order valence-electron chi connectivity index (χ0n) is 11.7. The van der Waals surface area contributed by atoms with Gasteiger partial charge in [0, 0.05) is 6.20 Å². The molecular formula is C16H18N2O2. The predicted molar refractivity (Wildman–Crippen MR) is 77.5 cm³/mol. The van der Waals surface area contributed by atoms with Crippen molar-refractivity contribution in [3.63, 3.8) is 0 Å². The molecule has 0 bridgehead atoms. The van der Waals surface area contributed by atoms with Crippen LogP contribution in [-0.4, -0.2) is 18.0 Å². The van der Waals surface area contributed by atoms with Crippen LogP contribution in [0.15, 0.2) is 48.7 Å². The van der Waals surface area contributed by atoms with Gasteiger partial charge in [-0.15, -0.1) is 0 Å². The van der Waals surface area contributed by atoms with Gasteiger partial charge >= 0.3 is 0 Å². The number of nitrogens with one attached hydrogen (secondary N) is 1. The Morgan fingerprint density at radius 1 is 1.30 bits per heavy atom. The Balaban J connectivity index is 1.95. The van der Waals surface area contributed by atoms with Gasteiger partial charge in [0.1, 0.15) is 5.75 Å². The summed E-state index contributed by atoms with van der Waals surface area (Å²) in [5, 5.41) is 2.94. The highest BCUT2D eigenvalue weighted by Gasteiger charge is 2.11. The first kappa shape index (κ1) is 14.1. The number of hydrogen-bond acceptors (Lipinski definition) is 3. The monoisotopic (exact) mass is 270 g/mol. The van der Waals surface area contributed by atoms with Crippen molar-refractivity contribution >= 4 is 5.91 Å². The normalized spacial score (nSPS) is 11.7. The number of benzene rings is 1. The third-order valence-electron chi connectivity index (χ3n) is 3.01. The van der Waals surface area contributed by atoms with Gasteiger partial charge in [-0.1, -0.05) is 18.2 Å². The van der Waals surface area contributed by atoms with Gasteiger partial charge in [0.25, 0.3) is 0 Å². The van der Waals surface area contributed by atoms with Crippen LogP contribution in [0.4, 0.5) is 0 Å². The van der Waals surface area contributed by atoms with Crippen LogP contribution in [-0.2, 0) is 11.2 Å². The second-order valence-electron chi connectivity index (χ2n) is 4.57. The maximum absolute atomic E-state index is 12.0. The lowest BCUT2D eigenvalue weighted by molar-refractivity contribution is -0.121. The molecule has 0 fully saturated rings. The molecule has 1 aromatic carbocycles. The molecule has 0 spiro atoms. The molecule has 0 saturated carbocycles. The minimum atomic E-state index is -0.102. The molecule has 0 unspecified atom stereocenters. The molecule has 20 heavy (non-hydrogen) atoms. The minimum absolute atomic E-state index is 0.0311. The number of rotatable bonds is 5. The van der Waals surface area contributed by atoms with Crippen molar-refractivity contribution in [1.82, 2.24) is 10.3 Å². The quantitative estimate of drug-likeness (QED) is 0.908. The van der Waals surface area contributed by atoms with Gasteiger partial charge in [0.05, 0.1) is 25.3 Å². The topological polar surface area (TPSA) is 51.2 Å². The molecule has 1 amide bonds. The molecule has 1 heterocycles. The first-order chi connectivity index (χ1) is 9.69. The first-order valence-electron chi connectivity index (χ1n) is 6.52. The summed E-state index contributed by atoms with van der Waals surface area (Å²) < 4.78 is 5.15. The zero-order valence-corrected chi connectivity index (χ0v) is 11.7. The maximum atomic E-state index is 12.0. The smallest absolute Gasteiger partial charge is 0.224 e. The lowest BCUT2D eigenvalue weighted by atomic mass is 10.1. The van der Waals surface area contributed by atoms with Crippen LogP contribution >= 0.6 is 0 Å². The van der Waals surface area contributed by atoms with Gasteiger partial charge in [0.2, 0.25) is 5.91 Å². The highest BCUT2D eigenvalue weighted by Crippen LogP contribution is 2.14. The van der Waals surface area contributed by atoms with E-state index in [1.54, 1.807) is 13.3 Å². The van der Waals surface area contributed by atoms with E-state index in [-0.39, 0.29) is 11.9 Å². The van der Waals surface area contributed by atoms with E-state index in [1.165, 1.54) is 0 Å². The summed E-state index contributed by atoms with van der Waals surface area (Å²) >= 11 is 0. The van der Waals surface area contributed by atoms with Crippen LogP contribution in [0.3, 0.4) is 0 Å². The first-order valence-corrected chi connectivity index (χ1v) is 6.52. The van der Waals surface area contributed by atoms with Crippen molar-refractivity contribution in [3.05, 3.63) is 59.9 Å². The van der Waals surface area contributed by atoms with Crippen LogP contribution < -0.4 is 10.1 Å². The lowest BCUT2D eigenvalue weighted by Gasteiger charge is -2.13. The van der Waals surface area contributed by atoms with Crippen LogP contribution in [0.1, 0.15) is 24.2 Å². The Bertz CT molecular complexity index is 570. The summed E-state index contributed by atoms with van der Waals surface area (Å²) in [5.41, 5.74) is 1.78. The van der Waals surface area contributed by atoms with Crippen LogP contribution in [0, 0.1) is 0 Å². The fourth-order valence-corrected chi connectivity index (χ4v) is 1.97. The molecule has 4 nitrogen and oxygen atoms in total. The molecule has 4 heteroatoms. The Kier molecular flexibility index (Phi) is 4.71. The van der Waals surface area contributed by atoms with Crippen molar-refractivity contribution in [1.29, 1.82) is 0 Å². The lowest BCUT2D eigenvalue weighted by Crippen LogP contribution is -2.28. The van der Waals surface area contributed by atoms with E-state index in [9.17, 15) is 4.79 Å². The number of aromatic nitrogens is 1. The number of amides is 1. The number of carbonyl (C=O) groups is 1. The molecule has 1 aromatic heterocycles. The molecule has 0 saturated heterocycles. The number of pyridine rings is 1. The molecule has 104 valence electrons. The summed E-state index contributed by atoms with van der Waals surface area (Å²) in [5.74, 6) is 0.726. The molecule has 1 atom stereocenters. The fraction of sp³-hybridized carbons (Fsp3) is 0.250. The average molecular weight is 270 g/mol. The number of carbonyl (C=O) groups excluding carboxylic acids is 1. The van der Waals surface area contributed by atoms with Gasteiger partial charge in [0.15, 0.2) is 0 Å². The second-order valence-corrected chi connectivity index (χ2v) is 4.57. The predicted octanol–water partition coefficient (Wildman–Crippen LogP) is 2.51. The van der Waals surface area contributed by atoms with Gasteiger partial charge in [-0.25, -0.2) is 0 Å². The molecule has 0 aliphatic rings. The van der Waals surface area contributed by atoms with Crippen LogP contribution in [0.2, 0.25) is 0 Å². The zero-order chi connectivity index (χ0) is 14.4. The third kappa shape index (κ3) is 3.82. The van der Waals surface area contributed by atoms with E-state index in [1.807, 2.05) is 49.4 Å². The van der Waals surface area contributed by atoms with Crippen LogP contribution in [0.5, 0.6) is 5.75 Å². The highest BCUT2D eigenvalue weighted by molar-refractivity contribution is 5.79. The highest BCUT2D eigenvalue weighted by atomic mass is 16.5. The van der Waals surface area contributed by atoms with E-state index >= 15 is 0 Å². The van der Waals surface area contributed by atoms with Gasteiger partial charge < -0.3 is 10.1 Å². The SMILES string of the molecule is COc1cccc(CC(=O)N[C@H](C)c2ccccn2)c1. The van der Waals surface area contributed by atoms with Crippen molar-refractivity contribution in [2.24, 2.45) is 0 Å². The van der Waals surface area contributed by atoms with Crippen molar-refractivity contribution in [3.8, 4) is 5.75 Å². The molecular weight excluding hydrogens is 252 g/mol. The summed E-state index contributed by atoms with van der Waals surface area (Å²) in [7, 11) is 1.61. The Labute approximate surface area is 118 Å². The molecule has 1 N–H and O–H groups in total. The van der Waals surface area contributed by atoms with Gasteiger partial charge in [-0.05, 0) is 36.8 Å². The molecule has 2 rings (SSSR count).